The quantitative estimate of drug-likeness (QED) is 0.624. The third-order valence-electron chi connectivity index (χ3n) is 2.07. The lowest BCUT2D eigenvalue weighted by atomic mass is 10.1. The monoisotopic (exact) mass is 170 g/mol. The minimum atomic E-state index is 0.120. The van der Waals surface area contributed by atoms with E-state index >= 15 is 0 Å². The molecule has 0 heterocycles. The van der Waals surface area contributed by atoms with Crippen molar-refractivity contribution in [1.29, 1.82) is 0 Å². The van der Waals surface area contributed by atoms with E-state index in [1.54, 1.807) is 0 Å². The highest BCUT2D eigenvalue weighted by Crippen LogP contribution is 2.14. The van der Waals surface area contributed by atoms with E-state index in [0.29, 0.717) is 0 Å². The summed E-state index contributed by atoms with van der Waals surface area (Å²) in [6.45, 7) is 0. The lowest BCUT2D eigenvalue weighted by Gasteiger charge is -1.98. The molecule has 0 unspecified atom stereocenters. The molecule has 0 N–H and O–H groups in total. The van der Waals surface area contributed by atoms with Crippen LogP contribution >= 0.6 is 0 Å². The zero-order valence-corrected chi connectivity index (χ0v) is 7.23. The van der Waals surface area contributed by atoms with Crippen LogP contribution in [0.2, 0.25) is 0 Å². The van der Waals surface area contributed by atoms with Crippen LogP contribution in [0.3, 0.4) is 0 Å². The summed E-state index contributed by atoms with van der Waals surface area (Å²) in [5.74, 6) is 0.120. The molecule has 1 aliphatic carbocycles. The number of allylic oxidation sites excluding steroid dienone is 4. The molecule has 1 aromatic carbocycles. The van der Waals surface area contributed by atoms with E-state index in [0.717, 1.165) is 17.6 Å². The van der Waals surface area contributed by atoms with Gasteiger partial charge in [0.05, 0.1) is 0 Å². The molecule has 13 heavy (non-hydrogen) atoms. The molecule has 0 atom stereocenters. The fraction of sp³-hybridized carbons (Fsp3) is 0.0833. The maximum Gasteiger partial charge on any atom is 0.192 e. The molecule has 0 aromatic heterocycles. The average Bonchev–Trinajstić information content (AvgIpc) is 2.71. The highest BCUT2D eigenvalue weighted by atomic mass is 16.1. The zero-order chi connectivity index (χ0) is 9.10. The van der Waals surface area contributed by atoms with E-state index in [-0.39, 0.29) is 5.78 Å². The smallest absolute Gasteiger partial charge is 0.192 e. The van der Waals surface area contributed by atoms with Crippen LogP contribution in [0.4, 0.5) is 0 Å². The van der Waals surface area contributed by atoms with Crippen molar-refractivity contribution in [2.24, 2.45) is 0 Å². The second-order valence-electron chi connectivity index (χ2n) is 2.99. The number of benzene rings is 1. The van der Waals surface area contributed by atoms with E-state index in [9.17, 15) is 4.79 Å². The summed E-state index contributed by atoms with van der Waals surface area (Å²) < 4.78 is 0. The van der Waals surface area contributed by atoms with Gasteiger partial charge in [0.1, 0.15) is 0 Å². The number of ketones is 1. The summed E-state index contributed by atoms with van der Waals surface area (Å²) >= 11 is 0. The van der Waals surface area contributed by atoms with Gasteiger partial charge < -0.3 is 0 Å². The summed E-state index contributed by atoms with van der Waals surface area (Å²) in [5.41, 5.74) is 1.58. The Morgan fingerprint density at radius 1 is 1.15 bits per heavy atom. The third kappa shape index (κ3) is 1.59. The molecule has 64 valence electrons. The summed E-state index contributed by atoms with van der Waals surface area (Å²) in [5, 5.41) is 0. The number of rotatable bonds is 2. The van der Waals surface area contributed by atoms with Gasteiger partial charge in [-0.1, -0.05) is 48.6 Å². The SMILES string of the molecule is O=C(C1=CCC=C1)c1ccccc1. The van der Waals surface area contributed by atoms with E-state index in [1.807, 2.05) is 48.6 Å². The Morgan fingerprint density at radius 3 is 2.54 bits per heavy atom. The predicted octanol–water partition coefficient (Wildman–Crippen LogP) is 2.76. The Hall–Kier alpha value is -1.63. The average molecular weight is 170 g/mol. The third-order valence-corrected chi connectivity index (χ3v) is 2.07. The normalized spacial score (nSPS) is 14.3. The second kappa shape index (κ2) is 3.40. The predicted molar refractivity (Wildman–Crippen MR) is 52.6 cm³/mol. The Labute approximate surface area is 77.4 Å². The van der Waals surface area contributed by atoms with Crippen molar-refractivity contribution in [2.45, 2.75) is 6.42 Å². The second-order valence-corrected chi connectivity index (χ2v) is 2.99. The molecule has 0 radical (unpaired) electrons. The van der Waals surface area contributed by atoms with E-state index in [4.69, 9.17) is 0 Å². The molecule has 0 fully saturated rings. The molecule has 1 heteroatoms. The Kier molecular flexibility index (Phi) is 2.09. The summed E-state index contributed by atoms with van der Waals surface area (Å²) in [6, 6.07) is 9.36. The number of Topliss-reactive ketones (excluding diaryl/α,β-unsaturated/α-hetero) is 1. The molecule has 1 aromatic rings. The van der Waals surface area contributed by atoms with E-state index in [2.05, 4.69) is 0 Å². The first-order valence-corrected chi connectivity index (χ1v) is 4.34. The van der Waals surface area contributed by atoms with Crippen LogP contribution in [-0.4, -0.2) is 5.78 Å². The molecule has 0 aliphatic heterocycles. The van der Waals surface area contributed by atoms with Gasteiger partial charge in [-0.15, -0.1) is 0 Å². The molecular weight excluding hydrogens is 160 g/mol. The van der Waals surface area contributed by atoms with Gasteiger partial charge in [-0.05, 0) is 6.42 Å². The Morgan fingerprint density at radius 2 is 1.92 bits per heavy atom. The highest BCUT2D eigenvalue weighted by Gasteiger charge is 2.10. The molecule has 0 bridgehead atoms. The topological polar surface area (TPSA) is 17.1 Å². The fourth-order valence-electron chi connectivity index (χ4n) is 1.38. The van der Waals surface area contributed by atoms with Gasteiger partial charge in [0, 0.05) is 11.1 Å². The van der Waals surface area contributed by atoms with Crippen molar-refractivity contribution in [3.8, 4) is 0 Å². The van der Waals surface area contributed by atoms with Crippen molar-refractivity contribution in [3.05, 3.63) is 59.7 Å². The molecule has 0 spiro atoms. The van der Waals surface area contributed by atoms with Gasteiger partial charge in [0.2, 0.25) is 0 Å². The van der Waals surface area contributed by atoms with Crippen LogP contribution in [0.25, 0.3) is 0 Å². The van der Waals surface area contributed by atoms with Gasteiger partial charge in [-0.3, -0.25) is 4.79 Å². The van der Waals surface area contributed by atoms with Gasteiger partial charge in [-0.25, -0.2) is 0 Å². The maximum absolute atomic E-state index is 11.7. The summed E-state index contributed by atoms with van der Waals surface area (Å²) in [6.07, 6.45) is 6.72. The van der Waals surface area contributed by atoms with Crippen molar-refractivity contribution in [1.82, 2.24) is 0 Å². The van der Waals surface area contributed by atoms with Crippen molar-refractivity contribution in [3.63, 3.8) is 0 Å². The van der Waals surface area contributed by atoms with Crippen LogP contribution in [0.15, 0.2) is 54.1 Å². The Balaban J connectivity index is 2.28. The standard InChI is InChI=1S/C12H10O/c13-12(11-8-4-5-9-11)10-6-2-1-3-7-10/h1-4,6-9H,5H2. The van der Waals surface area contributed by atoms with E-state index in [1.165, 1.54) is 0 Å². The number of hydrogen-bond donors (Lipinski definition) is 0. The lowest BCUT2D eigenvalue weighted by Crippen LogP contribution is -1.99. The minimum Gasteiger partial charge on any atom is -0.289 e. The zero-order valence-electron chi connectivity index (χ0n) is 7.23. The number of carbonyl (C=O) groups excluding carboxylic acids is 1. The van der Waals surface area contributed by atoms with Crippen LogP contribution in [0, 0.1) is 0 Å². The fourth-order valence-corrected chi connectivity index (χ4v) is 1.38. The molecular formula is C12H10O. The molecule has 1 nitrogen and oxygen atoms in total. The molecule has 0 amide bonds. The van der Waals surface area contributed by atoms with Crippen LogP contribution in [0.5, 0.6) is 0 Å². The van der Waals surface area contributed by atoms with Crippen molar-refractivity contribution in [2.75, 3.05) is 0 Å². The molecule has 1 aliphatic rings. The van der Waals surface area contributed by atoms with Crippen LogP contribution in [-0.2, 0) is 0 Å². The van der Waals surface area contributed by atoms with Crippen molar-refractivity contribution < 1.29 is 4.79 Å². The molecule has 0 saturated heterocycles. The molecule has 0 saturated carbocycles. The van der Waals surface area contributed by atoms with E-state index < -0.39 is 0 Å². The number of hydrogen-bond acceptors (Lipinski definition) is 1. The number of carbonyl (C=O) groups is 1. The maximum atomic E-state index is 11.7. The van der Waals surface area contributed by atoms with Gasteiger partial charge in [0.15, 0.2) is 5.78 Å². The molecule has 2 rings (SSSR count). The van der Waals surface area contributed by atoms with Crippen LogP contribution in [0.1, 0.15) is 16.8 Å². The van der Waals surface area contributed by atoms with Crippen molar-refractivity contribution >= 4 is 5.78 Å². The van der Waals surface area contributed by atoms with Gasteiger partial charge >= 0.3 is 0 Å². The summed E-state index contributed by atoms with van der Waals surface area (Å²) in [7, 11) is 0. The highest BCUT2D eigenvalue weighted by molar-refractivity contribution is 6.10. The summed E-state index contributed by atoms with van der Waals surface area (Å²) in [4.78, 5) is 11.7. The minimum absolute atomic E-state index is 0.120. The largest absolute Gasteiger partial charge is 0.289 e. The lowest BCUT2D eigenvalue weighted by molar-refractivity contribution is 0.103. The first kappa shape index (κ1) is 7.99. The van der Waals surface area contributed by atoms with Gasteiger partial charge in [0.25, 0.3) is 0 Å². The first-order chi connectivity index (χ1) is 6.38. The Bertz CT molecular complexity index is 371. The van der Waals surface area contributed by atoms with Crippen LogP contribution < -0.4 is 0 Å². The first-order valence-electron chi connectivity index (χ1n) is 4.34. The van der Waals surface area contributed by atoms with Gasteiger partial charge in [-0.2, -0.15) is 0 Å².